The maximum atomic E-state index is 11.7. The SMILES string of the molecule is CCN(c1ccccc1S(N)(=O)=O)C1COCC1C(=O)O. The van der Waals surface area contributed by atoms with Gasteiger partial charge in [0.25, 0.3) is 0 Å². The van der Waals surface area contributed by atoms with Gasteiger partial charge >= 0.3 is 5.97 Å². The second-order valence-corrected chi connectivity index (χ2v) is 6.38. The molecular weight excluding hydrogens is 296 g/mol. The number of hydrogen-bond acceptors (Lipinski definition) is 5. The number of benzene rings is 1. The molecule has 1 aromatic carbocycles. The molecule has 1 aliphatic heterocycles. The van der Waals surface area contributed by atoms with E-state index in [0.717, 1.165) is 0 Å². The highest BCUT2D eigenvalue weighted by atomic mass is 32.2. The van der Waals surface area contributed by atoms with E-state index in [1.54, 1.807) is 23.1 Å². The van der Waals surface area contributed by atoms with Gasteiger partial charge in [-0.3, -0.25) is 4.79 Å². The number of carbonyl (C=O) groups is 1. The first kappa shape index (κ1) is 15.7. The number of carboxylic acids is 1. The molecule has 116 valence electrons. The van der Waals surface area contributed by atoms with E-state index in [1.807, 2.05) is 6.92 Å². The molecule has 1 fully saturated rings. The molecule has 2 atom stereocenters. The Bertz CT molecular complexity index is 631. The maximum Gasteiger partial charge on any atom is 0.311 e. The lowest BCUT2D eigenvalue weighted by Gasteiger charge is -2.32. The fraction of sp³-hybridized carbons (Fsp3) is 0.462. The minimum absolute atomic E-state index is 0.0112. The predicted molar refractivity (Wildman–Crippen MR) is 76.6 cm³/mol. The van der Waals surface area contributed by atoms with Crippen LogP contribution in [-0.2, 0) is 19.6 Å². The van der Waals surface area contributed by atoms with Gasteiger partial charge in [-0.1, -0.05) is 12.1 Å². The van der Waals surface area contributed by atoms with E-state index in [1.165, 1.54) is 6.07 Å². The molecule has 0 aromatic heterocycles. The number of nitrogens with two attached hydrogens (primary N) is 1. The second-order valence-electron chi connectivity index (χ2n) is 4.85. The van der Waals surface area contributed by atoms with Gasteiger partial charge in [0.2, 0.25) is 10.0 Å². The second kappa shape index (κ2) is 6.00. The van der Waals surface area contributed by atoms with Crippen LogP contribution in [0.1, 0.15) is 6.92 Å². The largest absolute Gasteiger partial charge is 0.481 e. The van der Waals surface area contributed by atoms with E-state index in [9.17, 15) is 18.3 Å². The van der Waals surface area contributed by atoms with Gasteiger partial charge in [-0.2, -0.15) is 0 Å². The minimum Gasteiger partial charge on any atom is -0.481 e. The lowest BCUT2D eigenvalue weighted by Crippen LogP contribution is -2.44. The normalized spacial score (nSPS) is 22.2. The molecule has 1 aliphatic rings. The van der Waals surface area contributed by atoms with Gasteiger partial charge in [0.05, 0.1) is 24.9 Å². The van der Waals surface area contributed by atoms with Crippen molar-refractivity contribution in [1.29, 1.82) is 0 Å². The van der Waals surface area contributed by atoms with Crippen molar-refractivity contribution in [2.45, 2.75) is 17.9 Å². The van der Waals surface area contributed by atoms with E-state index in [0.29, 0.717) is 12.2 Å². The third kappa shape index (κ3) is 3.17. The molecular formula is C13H18N2O5S. The molecule has 3 N–H and O–H groups in total. The van der Waals surface area contributed by atoms with Crippen LogP contribution in [-0.4, -0.2) is 45.3 Å². The topological polar surface area (TPSA) is 110 Å². The average Bonchev–Trinajstić information content (AvgIpc) is 2.88. The monoisotopic (exact) mass is 314 g/mol. The average molecular weight is 314 g/mol. The first-order valence-corrected chi connectivity index (χ1v) is 8.10. The molecule has 1 aromatic rings. The van der Waals surface area contributed by atoms with Crippen LogP contribution < -0.4 is 10.0 Å². The van der Waals surface area contributed by atoms with Crippen LogP contribution in [0.2, 0.25) is 0 Å². The molecule has 0 amide bonds. The van der Waals surface area contributed by atoms with Crippen molar-refractivity contribution in [3.05, 3.63) is 24.3 Å². The van der Waals surface area contributed by atoms with Crippen molar-refractivity contribution in [3.8, 4) is 0 Å². The van der Waals surface area contributed by atoms with Crippen molar-refractivity contribution in [2.75, 3.05) is 24.7 Å². The zero-order valence-electron chi connectivity index (χ0n) is 11.6. The van der Waals surface area contributed by atoms with Crippen molar-refractivity contribution < 1.29 is 23.1 Å². The third-order valence-corrected chi connectivity index (χ3v) is 4.55. The number of ether oxygens (including phenoxy) is 1. The Hall–Kier alpha value is -1.64. The van der Waals surface area contributed by atoms with Crippen LogP contribution in [0.3, 0.4) is 0 Å². The number of aliphatic carboxylic acids is 1. The Labute approximate surface area is 123 Å². The summed E-state index contributed by atoms with van der Waals surface area (Å²) < 4.78 is 28.7. The number of sulfonamides is 1. The highest BCUT2D eigenvalue weighted by Gasteiger charge is 2.38. The Morgan fingerprint density at radius 3 is 2.67 bits per heavy atom. The number of para-hydroxylation sites is 1. The van der Waals surface area contributed by atoms with Gasteiger partial charge in [-0.15, -0.1) is 0 Å². The lowest BCUT2D eigenvalue weighted by atomic mass is 10.0. The summed E-state index contributed by atoms with van der Waals surface area (Å²) in [4.78, 5) is 13.0. The lowest BCUT2D eigenvalue weighted by molar-refractivity contribution is -0.141. The summed E-state index contributed by atoms with van der Waals surface area (Å²) in [5.41, 5.74) is 0.407. The van der Waals surface area contributed by atoms with Crippen molar-refractivity contribution >= 4 is 21.7 Å². The van der Waals surface area contributed by atoms with Gasteiger partial charge in [0, 0.05) is 6.54 Å². The smallest absolute Gasteiger partial charge is 0.311 e. The first-order valence-electron chi connectivity index (χ1n) is 6.55. The molecule has 2 rings (SSSR count). The van der Waals surface area contributed by atoms with Crippen molar-refractivity contribution in [1.82, 2.24) is 0 Å². The minimum atomic E-state index is -3.89. The number of anilines is 1. The summed E-state index contributed by atoms with van der Waals surface area (Å²) in [6.45, 7) is 2.64. The summed E-state index contributed by atoms with van der Waals surface area (Å²) in [7, 11) is -3.89. The summed E-state index contributed by atoms with van der Waals surface area (Å²) in [5, 5.41) is 14.5. The standard InChI is InChI=1S/C13H18N2O5S/c1-2-15(11-8-20-7-9(11)13(16)17)10-5-3-4-6-12(10)21(14,18)19/h3-6,9,11H,2,7-8H2,1H3,(H,16,17)(H2,14,18,19). The Morgan fingerprint density at radius 1 is 1.43 bits per heavy atom. The number of carboxylic acid groups (broad SMARTS) is 1. The summed E-state index contributed by atoms with van der Waals surface area (Å²) in [5.74, 6) is -1.65. The van der Waals surface area contributed by atoms with E-state index in [2.05, 4.69) is 0 Å². The molecule has 1 heterocycles. The van der Waals surface area contributed by atoms with Crippen molar-refractivity contribution in [3.63, 3.8) is 0 Å². The van der Waals surface area contributed by atoms with Gasteiger partial charge in [-0.05, 0) is 19.1 Å². The number of hydrogen-bond donors (Lipinski definition) is 2. The van der Waals surface area contributed by atoms with Gasteiger partial charge in [0.1, 0.15) is 10.8 Å². The molecule has 0 spiro atoms. The van der Waals surface area contributed by atoms with Crippen LogP contribution in [0.4, 0.5) is 5.69 Å². The molecule has 0 radical (unpaired) electrons. The summed E-state index contributed by atoms with van der Waals surface area (Å²) in [6.07, 6.45) is 0. The van der Waals surface area contributed by atoms with Crippen LogP contribution in [0, 0.1) is 5.92 Å². The molecule has 7 nitrogen and oxygen atoms in total. The van der Waals surface area contributed by atoms with Gasteiger partial charge in [-0.25, -0.2) is 13.6 Å². The number of likely N-dealkylation sites (N-methyl/N-ethyl adjacent to an activating group) is 1. The molecule has 21 heavy (non-hydrogen) atoms. The quantitative estimate of drug-likeness (QED) is 0.806. The van der Waals surface area contributed by atoms with Crippen molar-refractivity contribution in [2.24, 2.45) is 11.1 Å². The summed E-state index contributed by atoms with van der Waals surface area (Å²) >= 11 is 0. The fourth-order valence-corrected chi connectivity index (χ4v) is 3.35. The van der Waals surface area contributed by atoms with E-state index in [-0.39, 0.29) is 18.1 Å². The highest BCUT2D eigenvalue weighted by Crippen LogP contribution is 2.30. The van der Waals surface area contributed by atoms with Gasteiger partial charge < -0.3 is 14.7 Å². The zero-order chi connectivity index (χ0) is 15.6. The van der Waals surface area contributed by atoms with Crippen LogP contribution >= 0.6 is 0 Å². The first-order chi connectivity index (χ1) is 9.86. The van der Waals surface area contributed by atoms with Crippen LogP contribution in [0.25, 0.3) is 0 Å². The van der Waals surface area contributed by atoms with E-state index < -0.39 is 28.0 Å². The highest BCUT2D eigenvalue weighted by molar-refractivity contribution is 7.89. The number of primary sulfonamides is 1. The summed E-state index contributed by atoms with van der Waals surface area (Å²) in [6, 6.07) is 5.89. The maximum absolute atomic E-state index is 11.7. The molecule has 8 heteroatoms. The van der Waals surface area contributed by atoms with Gasteiger partial charge in [0.15, 0.2) is 0 Å². The Balaban J connectivity index is 2.45. The van der Waals surface area contributed by atoms with E-state index in [4.69, 9.17) is 9.88 Å². The molecule has 0 aliphatic carbocycles. The molecule has 1 saturated heterocycles. The number of rotatable bonds is 5. The van der Waals surface area contributed by atoms with Crippen LogP contribution in [0.15, 0.2) is 29.2 Å². The van der Waals surface area contributed by atoms with Crippen LogP contribution in [0.5, 0.6) is 0 Å². The van der Waals surface area contributed by atoms with E-state index >= 15 is 0 Å². The zero-order valence-corrected chi connectivity index (χ0v) is 12.4. The predicted octanol–water partition coefficient (Wildman–Crippen LogP) is 0.260. The molecule has 0 bridgehead atoms. The fourth-order valence-electron chi connectivity index (χ4n) is 2.60. The molecule has 0 saturated carbocycles. The molecule has 2 unspecified atom stereocenters. The Kier molecular flexibility index (Phi) is 4.50. The number of nitrogens with zero attached hydrogens (tertiary/aromatic N) is 1. The third-order valence-electron chi connectivity index (χ3n) is 3.59. The Morgan fingerprint density at radius 2 is 2.10 bits per heavy atom.